The Kier molecular flexibility index (Phi) is 8.07. The van der Waals surface area contributed by atoms with Crippen molar-refractivity contribution in [3.63, 3.8) is 0 Å². The second-order valence-corrected chi connectivity index (χ2v) is 10.4. The van der Waals surface area contributed by atoms with E-state index in [-0.39, 0.29) is 61.5 Å². The van der Waals surface area contributed by atoms with Crippen LogP contribution in [0, 0.1) is 5.82 Å². The number of aromatic nitrogens is 3. The van der Waals surface area contributed by atoms with E-state index in [1.165, 1.54) is 0 Å². The highest BCUT2D eigenvalue weighted by atomic mass is 35.5. The van der Waals surface area contributed by atoms with Gasteiger partial charge in [-0.2, -0.15) is 0 Å². The van der Waals surface area contributed by atoms with Gasteiger partial charge in [0.15, 0.2) is 18.2 Å². The molecule has 13 heteroatoms. The Hall–Kier alpha value is -3.16. The third-order valence-corrected chi connectivity index (χ3v) is 7.95. The number of nitrogens with zero attached hydrogens (tertiary/aromatic N) is 3. The van der Waals surface area contributed by atoms with Gasteiger partial charge in [-0.1, -0.05) is 0 Å². The number of fused-ring (bicyclic) bond motifs is 5. The molecule has 1 atom stereocenters. The molecule has 2 saturated heterocycles. The molecule has 0 spiro atoms. The number of hydrogen-bond donors (Lipinski definition) is 4. The maximum atomic E-state index is 14.9. The Bertz CT molecular complexity index is 1390. The molecule has 4 N–H and O–H groups in total. The van der Waals surface area contributed by atoms with Crippen LogP contribution in [0.25, 0.3) is 11.0 Å². The van der Waals surface area contributed by atoms with Crippen LogP contribution in [0.1, 0.15) is 36.9 Å². The summed E-state index contributed by atoms with van der Waals surface area (Å²) in [6, 6.07) is 6.96. The molecule has 3 fully saturated rings. The normalized spacial score (nSPS) is 24.0. The quantitative estimate of drug-likeness (QED) is 0.299. The summed E-state index contributed by atoms with van der Waals surface area (Å²) in [4.78, 5) is 24.6. The number of rotatable bonds is 9. The van der Waals surface area contributed by atoms with Crippen molar-refractivity contribution in [2.45, 2.75) is 55.9 Å². The molecule has 11 nitrogen and oxygen atoms in total. The van der Waals surface area contributed by atoms with Gasteiger partial charge in [0.05, 0.1) is 47.8 Å². The zero-order valence-corrected chi connectivity index (χ0v) is 22.5. The number of carbonyl (C=O) groups is 1. The molecule has 6 heterocycles. The lowest BCUT2D eigenvalue weighted by Gasteiger charge is -2.55. The Morgan fingerprint density at radius 1 is 1.18 bits per heavy atom. The van der Waals surface area contributed by atoms with Gasteiger partial charge in [-0.15, -0.1) is 12.4 Å². The van der Waals surface area contributed by atoms with E-state index in [4.69, 9.17) is 19.3 Å². The summed E-state index contributed by atoms with van der Waals surface area (Å²) in [5.74, 6) is 0.449. The van der Waals surface area contributed by atoms with Gasteiger partial charge in [0.1, 0.15) is 12.4 Å². The van der Waals surface area contributed by atoms with Crippen molar-refractivity contribution in [1.82, 2.24) is 20.3 Å². The van der Waals surface area contributed by atoms with Crippen molar-refractivity contribution >= 4 is 35.2 Å². The first-order valence-electron chi connectivity index (χ1n) is 13.1. The van der Waals surface area contributed by atoms with Crippen molar-refractivity contribution < 1.29 is 33.6 Å². The zero-order valence-electron chi connectivity index (χ0n) is 21.7. The Morgan fingerprint density at radius 3 is 2.75 bits per heavy atom. The van der Waals surface area contributed by atoms with Gasteiger partial charge in [0.25, 0.3) is 5.91 Å². The Morgan fingerprint density at radius 2 is 2.00 bits per heavy atom. The minimum Gasteiger partial charge on any atom is -0.480 e. The lowest BCUT2D eigenvalue weighted by molar-refractivity contribution is -0.208. The first-order chi connectivity index (χ1) is 18.9. The van der Waals surface area contributed by atoms with Crippen molar-refractivity contribution in [3.05, 3.63) is 47.5 Å². The zero-order chi connectivity index (χ0) is 27.0. The molecule has 1 amide bonds. The minimum atomic E-state index is -0.939. The Labute approximate surface area is 235 Å². The molecule has 0 radical (unpaired) electrons. The first-order valence-corrected chi connectivity index (χ1v) is 13.1. The van der Waals surface area contributed by atoms with Crippen LogP contribution in [0.5, 0.6) is 11.6 Å². The molecular formula is C27H31ClFN5O6. The maximum absolute atomic E-state index is 14.9. The van der Waals surface area contributed by atoms with Crippen molar-refractivity contribution in [2.75, 3.05) is 31.7 Å². The smallest absolute Gasteiger partial charge is 0.263 e. The van der Waals surface area contributed by atoms with Gasteiger partial charge >= 0.3 is 0 Å². The molecule has 0 aromatic carbocycles. The molecule has 3 aromatic rings. The summed E-state index contributed by atoms with van der Waals surface area (Å²) in [7, 11) is 0. The number of pyridine rings is 3. The first kappa shape index (κ1) is 28.4. The van der Waals surface area contributed by atoms with Crippen LogP contribution in [0.2, 0.25) is 0 Å². The van der Waals surface area contributed by atoms with E-state index in [0.717, 1.165) is 24.7 Å². The lowest BCUT2D eigenvalue weighted by atomic mass is 9.68. The van der Waals surface area contributed by atoms with E-state index < -0.39 is 17.5 Å². The molecule has 1 saturated carbocycles. The van der Waals surface area contributed by atoms with Crippen LogP contribution >= 0.6 is 12.4 Å². The fourth-order valence-electron chi connectivity index (χ4n) is 5.64. The van der Waals surface area contributed by atoms with E-state index in [9.17, 15) is 14.3 Å². The maximum Gasteiger partial charge on any atom is 0.263 e. The van der Waals surface area contributed by atoms with E-state index in [0.29, 0.717) is 48.6 Å². The van der Waals surface area contributed by atoms with Crippen LogP contribution in [0.4, 0.5) is 10.2 Å². The number of hydrogen-bond acceptors (Lipinski definition) is 10. The summed E-state index contributed by atoms with van der Waals surface area (Å²) >= 11 is 0. The lowest BCUT2D eigenvalue weighted by Crippen LogP contribution is -2.65. The predicted octanol–water partition coefficient (Wildman–Crippen LogP) is 2.06. The van der Waals surface area contributed by atoms with E-state index >= 15 is 0 Å². The summed E-state index contributed by atoms with van der Waals surface area (Å²) < 4.78 is 32.0. The summed E-state index contributed by atoms with van der Waals surface area (Å²) in [5, 5.41) is 26.7. The number of anilines is 1. The molecule has 3 aliphatic heterocycles. The van der Waals surface area contributed by atoms with Crippen molar-refractivity contribution in [2.24, 2.45) is 0 Å². The van der Waals surface area contributed by atoms with Crippen molar-refractivity contribution in [3.8, 4) is 11.6 Å². The van der Waals surface area contributed by atoms with E-state index in [1.807, 2.05) is 6.07 Å². The molecule has 4 aliphatic rings. The van der Waals surface area contributed by atoms with Gasteiger partial charge in [-0.05, 0) is 43.9 Å². The van der Waals surface area contributed by atoms with Crippen LogP contribution in [0.3, 0.4) is 0 Å². The number of aliphatic hydroxyl groups is 2. The number of amides is 1. The third kappa shape index (κ3) is 5.41. The van der Waals surface area contributed by atoms with Crippen LogP contribution in [-0.2, 0) is 22.5 Å². The fourth-order valence-corrected chi connectivity index (χ4v) is 5.64. The second kappa shape index (κ2) is 11.4. The topological polar surface area (TPSA) is 148 Å². The number of aliphatic hydroxyl groups excluding tert-OH is 2. The van der Waals surface area contributed by atoms with Crippen LogP contribution < -0.4 is 20.1 Å². The van der Waals surface area contributed by atoms with Gasteiger partial charge < -0.3 is 35.1 Å². The van der Waals surface area contributed by atoms with E-state index in [1.54, 1.807) is 18.2 Å². The minimum absolute atomic E-state index is 0. The summed E-state index contributed by atoms with van der Waals surface area (Å²) in [5.41, 5.74) is 0.811. The average molecular weight is 576 g/mol. The summed E-state index contributed by atoms with van der Waals surface area (Å²) in [6.07, 6.45) is 3.02. The molecular weight excluding hydrogens is 545 g/mol. The number of nitrogens with one attached hydrogen (secondary N) is 2. The third-order valence-electron chi connectivity index (χ3n) is 7.95. The number of halogens is 2. The van der Waals surface area contributed by atoms with Crippen molar-refractivity contribution in [1.29, 1.82) is 0 Å². The second-order valence-electron chi connectivity index (χ2n) is 10.4. The predicted molar refractivity (Wildman–Crippen MR) is 144 cm³/mol. The standard InChI is InChI=1S/C27H30FN5O6.ClH/c28-18-13-29-19-2-4-23(37-10-9-34)33-24(19)17(18)11-21(35)27-7-5-26(6-8-27,15-39-27)30-12-16-1-3-20-25(31-16)32-22(36)14-38-20;/h1-4,13,21,30,34-35H,5-12,14-15H2,(H,31,32,36);1H. The largest absolute Gasteiger partial charge is 0.480 e. The molecule has 7 rings (SSSR count). The van der Waals surface area contributed by atoms with Crippen LogP contribution in [0.15, 0.2) is 30.5 Å². The molecule has 1 unspecified atom stereocenters. The van der Waals surface area contributed by atoms with E-state index in [2.05, 4.69) is 25.6 Å². The molecule has 40 heavy (non-hydrogen) atoms. The highest BCUT2D eigenvalue weighted by Gasteiger charge is 2.53. The van der Waals surface area contributed by atoms with Gasteiger partial charge in [0.2, 0.25) is 5.88 Å². The fraction of sp³-hybridized carbons (Fsp3) is 0.481. The monoisotopic (exact) mass is 575 g/mol. The van der Waals surface area contributed by atoms with Gasteiger partial charge in [0, 0.05) is 30.1 Å². The molecule has 214 valence electrons. The highest BCUT2D eigenvalue weighted by molar-refractivity contribution is 5.94. The van der Waals surface area contributed by atoms with Crippen LogP contribution in [-0.4, -0.2) is 74.7 Å². The van der Waals surface area contributed by atoms with Gasteiger partial charge in [-0.25, -0.2) is 14.4 Å². The Balaban J connectivity index is 0.00000323. The average Bonchev–Trinajstić information content (AvgIpc) is 2.97. The van der Waals surface area contributed by atoms with Gasteiger partial charge in [-0.3, -0.25) is 9.78 Å². The molecule has 2 bridgehead atoms. The number of carbonyl (C=O) groups excluding carboxylic acids is 1. The summed E-state index contributed by atoms with van der Waals surface area (Å²) in [6.45, 7) is 0.786. The number of ether oxygens (including phenoxy) is 3. The molecule has 3 aromatic heterocycles. The SMILES string of the molecule is Cl.O=C1COc2ccc(CNC34CCC(C(O)Cc5c(F)cnc6ccc(OCCO)nc56)(CC3)OC4)nc2N1. The molecule has 1 aliphatic carbocycles. The highest BCUT2D eigenvalue weighted by Crippen LogP contribution is 2.46.